The number of carbonyl (C=O) groups excluding carboxylic acids is 1. The van der Waals surface area contributed by atoms with Gasteiger partial charge in [-0.15, -0.1) is 5.10 Å². The Balaban J connectivity index is 1.48. The normalized spacial score (nSPS) is 19.0. The number of rotatable bonds is 6. The van der Waals surface area contributed by atoms with Crippen LogP contribution in [0.5, 0.6) is 0 Å². The van der Waals surface area contributed by atoms with Gasteiger partial charge >= 0.3 is 0 Å². The topological polar surface area (TPSA) is 51.0 Å². The summed E-state index contributed by atoms with van der Waals surface area (Å²) in [5.74, 6) is 1.72. The molecule has 0 aliphatic heterocycles. The van der Waals surface area contributed by atoms with Crippen molar-refractivity contribution in [1.29, 1.82) is 0 Å². The van der Waals surface area contributed by atoms with Crippen LogP contribution in [0.2, 0.25) is 0 Å². The molecule has 1 aromatic heterocycles. The second-order valence-electron chi connectivity index (χ2n) is 7.78. The lowest BCUT2D eigenvalue weighted by atomic mass is 9.94. The molecule has 1 amide bonds. The highest BCUT2D eigenvalue weighted by atomic mass is 32.2. The molecule has 0 radical (unpaired) electrons. The molecule has 1 atom stereocenters. The zero-order valence-corrected chi connectivity index (χ0v) is 17.0. The third kappa shape index (κ3) is 4.21. The Morgan fingerprint density at radius 1 is 1.15 bits per heavy atom. The van der Waals surface area contributed by atoms with Gasteiger partial charge in [-0.2, -0.15) is 0 Å². The van der Waals surface area contributed by atoms with Crippen LogP contribution in [0.25, 0.3) is 5.69 Å². The number of benzene rings is 1. The van der Waals surface area contributed by atoms with Gasteiger partial charge < -0.3 is 4.90 Å². The van der Waals surface area contributed by atoms with E-state index >= 15 is 0 Å². The Hall–Kier alpha value is -1.82. The van der Waals surface area contributed by atoms with E-state index in [1.807, 2.05) is 41.8 Å². The molecule has 1 unspecified atom stereocenters. The Labute approximate surface area is 165 Å². The molecule has 2 aromatic rings. The van der Waals surface area contributed by atoms with E-state index < -0.39 is 0 Å². The SMILES string of the molecule is CC(Sc1nc(C2CC2)n(-c2ccccc2)n1)C(=O)N(C)C1CCCCC1. The molecule has 1 heterocycles. The first kappa shape index (κ1) is 18.5. The predicted molar refractivity (Wildman–Crippen MR) is 108 cm³/mol. The lowest BCUT2D eigenvalue weighted by Crippen LogP contribution is -2.42. The van der Waals surface area contributed by atoms with Crippen molar-refractivity contribution in [3.8, 4) is 5.69 Å². The Kier molecular flexibility index (Phi) is 5.53. The predicted octanol–water partition coefficient (Wildman–Crippen LogP) is 4.42. The fourth-order valence-corrected chi connectivity index (χ4v) is 4.72. The number of para-hydroxylation sites is 1. The van der Waals surface area contributed by atoms with Crippen LogP contribution >= 0.6 is 11.8 Å². The number of carbonyl (C=O) groups is 1. The molecule has 2 aliphatic rings. The van der Waals surface area contributed by atoms with Crippen molar-refractivity contribution >= 4 is 17.7 Å². The maximum atomic E-state index is 12.9. The van der Waals surface area contributed by atoms with Crippen LogP contribution in [0, 0.1) is 0 Å². The molecule has 27 heavy (non-hydrogen) atoms. The molecule has 2 aliphatic carbocycles. The van der Waals surface area contributed by atoms with Crippen LogP contribution in [0.15, 0.2) is 35.5 Å². The van der Waals surface area contributed by atoms with Crippen LogP contribution < -0.4 is 0 Å². The fourth-order valence-electron chi connectivity index (χ4n) is 3.86. The standard InChI is InChI=1S/C21H28N4OS/c1-15(20(26)24(2)17-9-5-3-6-10-17)27-21-22-19(16-13-14-16)25(23-21)18-11-7-4-8-12-18/h4,7-8,11-12,15-17H,3,5-6,9-10,13-14H2,1-2H3. The first-order chi connectivity index (χ1) is 13.1. The summed E-state index contributed by atoms with van der Waals surface area (Å²) in [5.41, 5.74) is 1.04. The van der Waals surface area contributed by atoms with Crippen molar-refractivity contribution in [2.45, 2.75) is 74.2 Å². The number of thioether (sulfide) groups is 1. The van der Waals surface area contributed by atoms with Crippen molar-refractivity contribution in [3.05, 3.63) is 36.2 Å². The highest BCUT2D eigenvalue weighted by Gasteiger charge is 2.32. The summed E-state index contributed by atoms with van der Waals surface area (Å²) in [6.07, 6.45) is 8.38. The van der Waals surface area contributed by atoms with Crippen LogP contribution in [0.4, 0.5) is 0 Å². The minimum absolute atomic E-state index is 0.171. The number of nitrogens with zero attached hydrogens (tertiary/aromatic N) is 4. The number of hydrogen-bond acceptors (Lipinski definition) is 4. The van der Waals surface area contributed by atoms with Crippen molar-refractivity contribution in [3.63, 3.8) is 0 Å². The molecule has 2 fully saturated rings. The van der Waals surface area contributed by atoms with E-state index in [9.17, 15) is 4.79 Å². The molecule has 2 saturated carbocycles. The summed E-state index contributed by atoms with van der Waals surface area (Å²) in [5, 5.41) is 5.27. The maximum Gasteiger partial charge on any atom is 0.235 e. The zero-order valence-electron chi connectivity index (χ0n) is 16.2. The van der Waals surface area contributed by atoms with Gasteiger partial charge in [-0.05, 0) is 44.7 Å². The summed E-state index contributed by atoms with van der Waals surface area (Å²) in [7, 11) is 1.96. The zero-order chi connectivity index (χ0) is 18.8. The summed E-state index contributed by atoms with van der Waals surface area (Å²) in [4.78, 5) is 19.6. The van der Waals surface area contributed by atoms with Crippen LogP contribution in [-0.2, 0) is 4.79 Å². The third-order valence-corrected chi connectivity index (χ3v) is 6.59. The molecular formula is C21H28N4OS. The molecule has 0 bridgehead atoms. The van der Waals surface area contributed by atoms with Crippen molar-refractivity contribution in [2.24, 2.45) is 0 Å². The molecule has 144 valence electrons. The largest absolute Gasteiger partial charge is 0.342 e. The molecule has 0 saturated heterocycles. The molecular weight excluding hydrogens is 356 g/mol. The molecule has 5 nitrogen and oxygen atoms in total. The van der Waals surface area contributed by atoms with Gasteiger partial charge in [0, 0.05) is 19.0 Å². The highest BCUT2D eigenvalue weighted by Crippen LogP contribution is 2.40. The fraction of sp³-hybridized carbons (Fsp3) is 0.571. The van der Waals surface area contributed by atoms with Gasteiger partial charge in [0.15, 0.2) is 0 Å². The number of hydrogen-bond donors (Lipinski definition) is 0. The first-order valence-electron chi connectivity index (χ1n) is 10.1. The quantitative estimate of drug-likeness (QED) is 0.692. The van der Waals surface area contributed by atoms with Gasteiger partial charge in [-0.3, -0.25) is 4.79 Å². The summed E-state index contributed by atoms with van der Waals surface area (Å²) in [6.45, 7) is 1.98. The Morgan fingerprint density at radius 2 is 1.85 bits per heavy atom. The lowest BCUT2D eigenvalue weighted by molar-refractivity contribution is -0.131. The average Bonchev–Trinajstić information content (AvgIpc) is 3.48. The van der Waals surface area contributed by atoms with E-state index in [1.54, 1.807) is 0 Å². The van der Waals surface area contributed by atoms with Crippen molar-refractivity contribution in [1.82, 2.24) is 19.7 Å². The van der Waals surface area contributed by atoms with Gasteiger partial charge in [0.1, 0.15) is 5.82 Å². The second kappa shape index (κ2) is 8.05. The van der Waals surface area contributed by atoms with E-state index in [-0.39, 0.29) is 11.2 Å². The van der Waals surface area contributed by atoms with Gasteiger partial charge in [-0.25, -0.2) is 9.67 Å². The first-order valence-corrected chi connectivity index (χ1v) is 11.0. The van der Waals surface area contributed by atoms with E-state index in [4.69, 9.17) is 10.1 Å². The van der Waals surface area contributed by atoms with Crippen molar-refractivity contribution in [2.75, 3.05) is 7.05 Å². The van der Waals surface area contributed by atoms with E-state index in [2.05, 4.69) is 12.1 Å². The van der Waals surface area contributed by atoms with Crippen LogP contribution in [-0.4, -0.2) is 43.9 Å². The lowest BCUT2D eigenvalue weighted by Gasteiger charge is -2.32. The Bertz CT molecular complexity index is 781. The van der Waals surface area contributed by atoms with E-state index in [0.29, 0.717) is 17.1 Å². The highest BCUT2D eigenvalue weighted by molar-refractivity contribution is 8.00. The minimum atomic E-state index is -0.171. The van der Waals surface area contributed by atoms with Gasteiger partial charge in [0.25, 0.3) is 0 Å². The third-order valence-electron chi connectivity index (χ3n) is 5.66. The van der Waals surface area contributed by atoms with Crippen LogP contribution in [0.3, 0.4) is 0 Å². The van der Waals surface area contributed by atoms with E-state index in [1.165, 1.54) is 43.9 Å². The Morgan fingerprint density at radius 3 is 2.52 bits per heavy atom. The summed E-state index contributed by atoms with van der Waals surface area (Å²) >= 11 is 1.48. The van der Waals surface area contributed by atoms with Gasteiger partial charge in [0.2, 0.25) is 11.1 Å². The molecule has 0 N–H and O–H groups in total. The molecule has 6 heteroatoms. The minimum Gasteiger partial charge on any atom is -0.342 e. The number of amides is 1. The van der Waals surface area contributed by atoms with Crippen molar-refractivity contribution < 1.29 is 4.79 Å². The van der Waals surface area contributed by atoms with E-state index in [0.717, 1.165) is 24.4 Å². The average molecular weight is 385 g/mol. The number of aromatic nitrogens is 3. The van der Waals surface area contributed by atoms with Gasteiger partial charge in [-0.1, -0.05) is 49.2 Å². The smallest absolute Gasteiger partial charge is 0.235 e. The summed E-state index contributed by atoms with van der Waals surface area (Å²) in [6, 6.07) is 10.6. The second-order valence-corrected chi connectivity index (χ2v) is 9.08. The monoisotopic (exact) mass is 384 g/mol. The maximum absolute atomic E-state index is 12.9. The summed E-state index contributed by atoms with van der Waals surface area (Å²) < 4.78 is 1.96. The van der Waals surface area contributed by atoms with Crippen LogP contribution in [0.1, 0.15) is 63.6 Å². The molecule has 4 rings (SSSR count). The molecule has 1 aromatic carbocycles. The molecule has 0 spiro atoms. The van der Waals surface area contributed by atoms with Gasteiger partial charge in [0.05, 0.1) is 10.9 Å².